The predicted octanol–water partition coefficient (Wildman–Crippen LogP) is 5.03. The Morgan fingerprint density at radius 3 is 2.66 bits per heavy atom. The molecular weight excluding hydrogens is 408 g/mol. The van der Waals surface area contributed by atoms with E-state index in [9.17, 15) is 18.9 Å². The number of nitro groups is 1. The van der Waals surface area contributed by atoms with Gasteiger partial charge < -0.3 is 8.92 Å². The van der Waals surface area contributed by atoms with Crippen molar-refractivity contribution >= 4 is 22.9 Å². The lowest BCUT2D eigenvalue weighted by molar-refractivity contribution is -0.384. The summed E-state index contributed by atoms with van der Waals surface area (Å²) >= 11 is 6.09. The molecule has 3 heterocycles. The average molecular weight is 420 g/mol. The van der Waals surface area contributed by atoms with E-state index in [1.54, 1.807) is 6.92 Å². The second-order valence-electron chi connectivity index (χ2n) is 6.50. The summed E-state index contributed by atoms with van der Waals surface area (Å²) < 4.78 is 33.9. The molecule has 0 saturated heterocycles. The van der Waals surface area contributed by atoms with Crippen molar-refractivity contribution in [3.8, 4) is 23.0 Å². The topological polar surface area (TPSA) is 99.4 Å². The van der Waals surface area contributed by atoms with Crippen molar-refractivity contribution in [1.82, 2.24) is 19.5 Å². The summed E-state index contributed by atoms with van der Waals surface area (Å²) in [4.78, 5) is 18.9. The van der Waals surface area contributed by atoms with E-state index in [0.29, 0.717) is 11.1 Å². The number of nitro benzene ring substituents is 1. The number of benzene rings is 1. The highest BCUT2D eigenvalue weighted by molar-refractivity contribution is 6.33. The highest BCUT2D eigenvalue weighted by Gasteiger charge is 2.26. The quantitative estimate of drug-likeness (QED) is 0.339. The lowest BCUT2D eigenvalue weighted by Crippen LogP contribution is -2.08. The molecule has 0 amide bonds. The van der Waals surface area contributed by atoms with Gasteiger partial charge in [0.2, 0.25) is 5.82 Å². The molecule has 3 aromatic heterocycles. The van der Waals surface area contributed by atoms with Crippen molar-refractivity contribution in [3.63, 3.8) is 0 Å². The minimum atomic E-state index is -3.06. The number of pyridine rings is 1. The second-order valence-corrected chi connectivity index (χ2v) is 6.91. The number of aryl methyl sites for hydroxylation is 1. The zero-order chi connectivity index (χ0) is 20.9. The fourth-order valence-electron chi connectivity index (χ4n) is 2.85. The first-order chi connectivity index (χ1) is 13.6. The number of fused-ring (bicyclic) bond motifs is 1. The lowest BCUT2D eigenvalue weighted by Gasteiger charge is -2.11. The summed E-state index contributed by atoms with van der Waals surface area (Å²) in [6.45, 7) is 2.47. The van der Waals surface area contributed by atoms with E-state index < -0.39 is 10.8 Å². The summed E-state index contributed by atoms with van der Waals surface area (Å²) in [5.41, 5.74) is 1.36. The van der Waals surface area contributed by atoms with Crippen molar-refractivity contribution in [2.45, 2.75) is 19.8 Å². The van der Waals surface area contributed by atoms with E-state index >= 15 is 0 Å². The highest BCUT2D eigenvalue weighted by atomic mass is 35.5. The van der Waals surface area contributed by atoms with Gasteiger partial charge in [-0.05, 0) is 24.6 Å². The molecular formula is C18H12ClF2N5O3. The molecule has 0 aliphatic carbocycles. The number of imidazole rings is 1. The molecule has 0 atom stereocenters. The first-order valence-corrected chi connectivity index (χ1v) is 8.67. The molecule has 4 aromatic rings. The van der Waals surface area contributed by atoms with E-state index in [2.05, 4.69) is 15.1 Å². The minimum absolute atomic E-state index is 0.0477. The van der Waals surface area contributed by atoms with Gasteiger partial charge in [0.25, 0.3) is 17.5 Å². The average Bonchev–Trinajstić information content (AvgIpc) is 3.27. The fourth-order valence-corrected chi connectivity index (χ4v) is 3.11. The molecule has 0 radical (unpaired) electrons. The van der Waals surface area contributed by atoms with Crippen LogP contribution in [0.4, 0.5) is 14.5 Å². The first-order valence-electron chi connectivity index (χ1n) is 8.29. The second kappa shape index (κ2) is 6.59. The van der Waals surface area contributed by atoms with Crippen LogP contribution in [-0.4, -0.2) is 24.4 Å². The fraction of sp³-hybridized carbons (Fsp3) is 0.167. The molecule has 0 N–H and O–H groups in total. The van der Waals surface area contributed by atoms with Gasteiger partial charge in [-0.2, -0.15) is 4.98 Å². The van der Waals surface area contributed by atoms with Crippen LogP contribution < -0.4 is 0 Å². The van der Waals surface area contributed by atoms with Crippen molar-refractivity contribution in [3.05, 3.63) is 62.9 Å². The molecule has 1 aromatic carbocycles. The number of aromatic nitrogens is 4. The molecule has 29 heavy (non-hydrogen) atoms. The zero-order valence-electron chi connectivity index (χ0n) is 15.1. The first kappa shape index (κ1) is 18.9. The van der Waals surface area contributed by atoms with E-state index in [1.807, 2.05) is 0 Å². The van der Waals surface area contributed by atoms with Crippen LogP contribution in [0.3, 0.4) is 0 Å². The maximum atomic E-state index is 13.6. The zero-order valence-corrected chi connectivity index (χ0v) is 15.8. The van der Waals surface area contributed by atoms with Crippen molar-refractivity contribution in [2.75, 3.05) is 0 Å². The molecule has 148 valence electrons. The standard InChI is InChI=1S/C18H12ClF2N5O3/c1-9-5-11(26(27)28)3-4-12(9)15-23-17(29-24-15)14-8-25-7-10(18(2,20)21)6-13(19)16(25)22-14/h3-8H,1-2H3. The lowest BCUT2D eigenvalue weighted by atomic mass is 10.1. The van der Waals surface area contributed by atoms with Crippen LogP contribution in [0.15, 0.2) is 41.2 Å². The summed E-state index contributed by atoms with van der Waals surface area (Å²) in [5.74, 6) is -2.79. The molecule has 0 unspecified atom stereocenters. The normalized spacial score (nSPS) is 11.9. The highest BCUT2D eigenvalue weighted by Crippen LogP contribution is 2.32. The summed E-state index contributed by atoms with van der Waals surface area (Å²) in [6, 6.07) is 5.43. The predicted molar refractivity (Wildman–Crippen MR) is 99.9 cm³/mol. The Balaban J connectivity index is 1.74. The van der Waals surface area contributed by atoms with Crippen molar-refractivity contribution in [1.29, 1.82) is 0 Å². The van der Waals surface area contributed by atoms with Crippen molar-refractivity contribution < 1.29 is 18.2 Å². The van der Waals surface area contributed by atoms with E-state index in [4.69, 9.17) is 16.1 Å². The molecule has 0 aliphatic rings. The van der Waals surface area contributed by atoms with Gasteiger partial charge in [-0.3, -0.25) is 10.1 Å². The Morgan fingerprint density at radius 1 is 1.24 bits per heavy atom. The Hall–Kier alpha value is -3.40. The van der Waals surface area contributed by atoms with Crippen LogP contribution in [0.5, 0.6) is 0 Å². The summed E-state index contributed by atoms with van der Waals surface area (Å²) in [7, 11) is 0. The maximum absolute atomic E-state index is 13.6. The monoisotopic (exact) mass is 419 g/mol. The Bertz CT molecular complexity index is 1260. The largest absolute Gasteiger partial charge is 0.332 e. The molecule has 0 spiro atoms. The third-order valence-corrected chi connectivity index (χ3v) is 4.60. The van der Waals surface area contributed by atoms with Gasteiger partial charge >= 0.3 is 0 Å². The van der Waals surface area contributed by atoms with Crippen LogP contribution in [0.1, 0.15) is 18.1 Å². The van der Waals surface area contributed by atoms with Gasteiger partial charge in [-0.1, -0.05) is 16.8 Å². The van der Waals surface area contributed by atoms with Gasteiger partial charge in [-0.25, -0.2) is 13.8 Å². The third kappa shape index (κ3) is 3.42. The molecule has 8 nitrogen and oxygen atoms in total. The van der Waals surface area contributed by atoms with Crippen molar-refractivity contribution in [2.24, 2.45) is 0 Å². The molecule has 11 heteroatoms. The van der Waals surface area contributed by atoms with Crippen LogP contribution in [0.2, 0.25) is 5.02 Å². The van der Waals surface area contributed by atoms with Crippen LogP contribution in [0.25, 0.3) is 28.6 Å². The smallest absolute Gasteiger partial charge is 0.278 e. The maximum Gasteiger partial charge on any atom is 0.278 e. The van der Waals surface area contributed by atoms with Crippen LogP contribution in [-0.2, 0) is 5.92 Å². The van der Waals surface area contributed by atoms with Gasteiger partial charge in [0.15, 0.2) is 5.65 Å². The Kier molecular flexibility index (Phi) is 4.30. The number of hydrogen-bond donors (Lipinski definition) is 0. The molecule has 4 rings (SSSR count). The van der Waals surface area contributed by atoms with E-state index in [-0.39, 0.29) is 39.3 Å². The van der Waals surface area contributed by atoms with Crippen LogP contribution >= 0.6 is 11.6 Å². The number of alkyl halides is 2. The van der Waals surface area contributed by atoms with E-state index in [1.165, 1.54) is 35.0 Å². The van der Waals surface area contributed by atoms with Gasteiger partial charge in [0, 0.05) is 42.6 Å². The number of nitrogens with zero attached hydrogens (tertiary/aromatic N) is 5. The SMILES string of the molecule is Cc1cc([N+](=O)[O-])ccc1-c1noc(-c2cn3cc(C(C)(F)F)cc(Cl)c3n2)n1. The molecule has 0 bridgehead atoms. The molecule has 0 aliphatic heterocycles. The molecule has 0 fully saturated rings. The summed E-state index contributed by atoms with van der Waals surface area (Å²) in [6.07, 6.45) is 2.69. The van der Waals surface area contributed by atoms with Gasteiger partial charge in [-0.15, -0.1) is 0 Å². The Labute approximate surface area is 166 Å². The minimum Gasteiger partial charge on any atom is -0.332 e. The number of rotatable bonds is 4. The number of halogens is 3. The van der Waals surface area contributed by atoms with Gasteiger partial charge in [0.1, 0.15) is 5.69 Å². The number of non-ortho nitro benzene ring substituents is 1. The van der Waals surface area contributed by atoms with Crippen LogP contribution in [0, 0.1) is 17.0 Å². The van der Waals surface area contributed by atoms with Gasteiger partial charge in [0.05, 0.1) is 9.95 Å². The summed E-state index contributed by atoms with van der Waals surface area (Å²) in [5, 5.41) is 14.8. The Morgan fingerprint density at radius 2 is 2.00 bits per heavy atom. The number of hydrogen-bond acceptors (Lipinski definition) is 6. The third-order valence-electron chi connectivity index (χ3n) is 4.32. The molecule has 0 saturated carbocycles. The van der Waals surface area contributed by atoms with E-state index in [0.717, 1.165) is 13.0 Å².